The van der Waals surface area contributed by atoms with E-state index in [0.717, 1.165) is 0 Å². The molecule has 0 saturated heterocycles. The molecule has 0 aromatic rings. The molecule has 0 heterocycles. The van der Waals surface area contributed by atoms with Crippen LogP contribution in [-0.4, -0.2) is 49.0 Å². The van der Waals surface area contributed by atoms with Crippen molar-refractivity contribution in [3.8, 4) is 0 Å². The topological polar surface area (TPSA) is 49.7 Å². The van der Waals surface area contributed by atoms with Gasteiger partial charge in [0.2, 0.25) is 0 Å². The van der Waals surface area contributed by atoms with Gasteiger partial charge in [0.25, 0.3) is 0 Å². The highest BCUT2D eigenvalue weighted by molar-refractivity contribution is 6.78. The molecule has 0 aliphatic rings. The third-order valence-electron chi connectivity index (χ3n) is 3.68. The minimum absolute atomic E-state index is 0.149. The zero-order chi connectivity index (χ0) is 15.5. The van der Waals surface area contributed by atoms with Gasteiger partial charge < -0.3 is 14.9 Å². The molecule has 0 saturated carbocycles. The molecule has 0 amide bonds. The molecule has 0 unspecified atom stereocenters. The Morgan fingerprint density at radius 2 is 1.63 bits per heavy atom. The summed E-state index contributed by atoms with van der Waals surface area (Å²) >= 11 is 0. The third kappa shape index (κ3) is 6.24. The SMILES string of the molecule is CC(C)(OC[C@@H](O)C[C@@H](CO)C(F)(F)F)[Si](C)(C)C. The summed E-state index contributed by atoms with van der Waals surface area (Å²) in [4.78, 5) is 0. The second-order valence-electron chi connectivity index (χ2n) is 6.38. The van der Waals surface area contributed by atoms with Crippen molar-refractivity contribution in [3.63, 3.8) is 0 Å². The second kappa shape index (κ2) is 6.56. The molecule has 0 radical (unpaired) electrons. The van der Waals surface area contributed by atoms with Crippen LogP contribution in [0.25, 0.3) is 0 Å². The van der Waals surface area contributed by atoms with E-state index in [1.807, 2.05) is 13.8 Å². The molecular weight excluding hydrogens is 277 g/mol. The van der Waals surface area contributed by atoms with Gasteiger partial charge in [-0.25, -0.2) is 0 Å². The Kier molecular flexibility index (Phi) is 6.52. The summed E-state index contributed by atoms with van der Waals surface area (Å²) < 4.78 is 42.9. The number of alkyl halides is 3. The summed E-state index contributed by atoms with van der Waals surface area (Å²) in [6.07, 6.45) is -6.26. The van der Waals surface area contributed by atoms with Crippen LogP contribution in [0, 0.1) is 5.92 Å². The van der Waals surface area contributed by atoms with Gasteiger partial charge in [-0.05, 0) is 20.3 Å². The minimum Gasteiger partial charge on any atom is -0.396 e. The summed E-state index contributed by atoms with van der Waals surface area (Å²) in [6.45, 7) is 8.88. The van der Waals surface area contributed by atoms with E-state index in [2.05, 4.69) is 19.6 Å². The molecule has 0 aliphatic heterocycles. The maximum Gasteiger partial charge on any atom is 0.394 e. The van der Waals surface area contributed by atoms with Crippen LogP contribution in [-0.2, 0) is 4.74 Å². The predicted octanol–water partition coefficient (Wildman–Crippen LogP) is 2.58. The van der Waals surface area contributed by atoms with Gasteiger partial charge in [-0.1, -0.05) is 19.6 Å². The van der Waals surface area contributed by atoms with Gasteiger partial charge in [-0.2, -0.15) is 13.2 Å². The van der Waals surface area contributed by atoms with Crippen molar-refractivity contribution in [2.45, 2.75) is 57.4 Å². The Bertz CT molecular complexity index is 274. The number of aliphatic hydroxyl groups excluding tert-OH is 2. The fourth-order valence-electron chi connectivity index (χ4n) is 1.23. The van der Waals surface area contributed by atoms with Crippen molar-refractivity contribution in [2.75, 3.05) is 13.2 Å². The standard InChI is InChI=1S/C12H25F3O3Si/c1-11(2,19(3,4)5)18-8-10(17)6-9(7-16)12(13,14)15/h9-10,16-17H,6-8H2,1-5H3/t9-,10-/m0/s1. The van der Waals surface area contributed by atoms with E-state index in [4.69, 9.17) is 9.84 Å². The van der Waals surface area contributed by atoms with Crippen molar-refractivity contribution < 1.29 is 28.1 Å². The zero-order valence-corrected chi connectivity index (χ0v) is 13.2. The Balaban J connectivity index is 4.37. The number of hydrogen-bond acceptors (Lipinski definition) is 3. The van der Waals surface area contributed by atoms with E-state index < -0.39 is 44.5 Å². The molecule has 2 atom stereocenters. The highest BCUT2D eigenvalue weighted by Gasteiger charge is 2.41. The van der Waals surface area contributed by atoms with Crippen LogP contribution < -0.4 is 0 Å². The molecule has 0 aromatic carbocycles. The Morgan fingerprint density at radius 1 is 1.16 bits per heavy atom. The zero-order valence-electron chi connectivity index (χ0n) is 12.2. The molecule has 0 rings (SSSR count). The molecule has 0 aromatic heterocycles. The molecule has 2 N–H and O–H groups in total. The van der Waals surface area contributed by atoms with Crippen LogP contribution >= 0.6 is 0 Å². The van der Waals surface area contributed by atoms with Crippen molar-refractivity contribution >= 4 is 8.07 Å². The van der Waals surface area contributed by atoms with Crippen molar-refractivity contribution in [2.24, 2.45) is 5.92 Å². The molecule has 0 fully saturated rings. The van der Waals surface area contributed by atoms with Crippen LogP contribution in [0.2, 0.25) is 19.6 Å². The lowest BCUT2D eigenvalue weighted by atomic mass is 10.0. The Labute approximate surface area is 113 Å². The number of aliphatic hydroxyl groups is 2. The van der Waals surface area contributed by atoms with Crippen LogP contribution in [0.15, 0.2) is 0 Å². The lowest BCUT2D eigenvalue weighted by molar-refractivity contribution is -0.193. The van der Waals surface area contributed by atoms with Crippen LogP contribution in [0.5, 0.6) is 0 Å². The van der Waals surface area contributed by atoms with Gasteiger partial charge in [-0.15, -0.1) is 0 Å². The summed E-state index contributed by atoms with van der Waals surface area (Å²) in [5.74, 6) is -1.90. The average molecular weight is 302 g/mol. The second-order valence-corrected chi connectivity index (χ2v) is 12.1. The first-order chi connectivity index (χ1) is 8.31. The van der Waals surface area contributed by atoms with Gasteiger partial charge in [-0.3, -0.25) is 0 Å². The average Bonchev–Trinajstić information content (AvgIpc) is 2.19. The Hall–Kier alpha value is -0.113. The molecule has 0 bridgehead atoms. The van der Waals surface area contributed by atoms with Crippen molar-refractivity contribution in [1.29, 1.82) is 0 Å². The van der Waals surface area contributed by atoms with Crippen LogP contribution in [0.3, 0.4) is 0 Å². The van der Waals surface area contributed by atoms with Gasteiger partial charge in [0, 0.05) is 0 Å². The smallest absolute Gasteiger partial charge is 0.394 e. The Morgan fingerprint density at radius 3 is 1.95 bits per heavy atom. The van der Waals surface area contributed by atoms with E-state index in [1.54, 1.807) is 0 Å². The van der Waals surface area contributed by atoms with E-state index >= 15 is 0 Å². The first-order valence-electron chi connectivity index (χ1n) is 6.31. The molecule has 0 spiro atoms. The molecule has 0 aliphatic carbocycles. The van der Waals surface area contributed by atoms with Gasteiger partial charge in [0.1, 0.15) is 0 Å². The van der Waals surface area contributed by atoms with Gasteiger partial charge >= 0.3 is 6.18 Å². The molecule has 3 nitrogen and oxygen atoms in total. The normalized spacial score (nSPS) is 17.4. The maximum atomic E-state index is 12.4. The van der Waals surface area contributed by atoms with Gasteiger partial charge in [0.05, 0.1) is 38.5 Å². The lowest BCUT2D eigenvalue weighted by Crippen LogP contribution is -2.50. The van der Waals surface area contributed by atoms with E-state index in [-0.39, 0.29) is 6.61 Å². The van der Waals surface area contributed by atoms with Crippen LogP contribution in [0.4, 0.5) is 13.2 Å². The lowest BCUT2D eigenvalue weighted by Gasteiger charge is -2.38. The minimum atomic E-state index is -4.50. The largest absolute Gasteiger partial charge is 0.396 e. The summed E-state index contributed by atoms with van der Waals surface area (Å²) in [5.41, 5.74) is 0. The highest BCUT2D eigenvalue weighted by Crippen LogP contribution is 2.30. The van der Waals surface area contributed by atoms with Crippen molar-refractivity contribution in [3.05, 3.63) is 0 Å². The number of halogens is 3. The summed E-state index contributed by atoms with van der Waals surface area (Å²) in [6, 6.07) is 0. The van der Waals surface area contributed by atoms with Crippen molar-refractivity contribution in [1.82, 2.24) is 0 Å². The van der Waals surface area contributed by atoms with E-state index in [9.17, 15) is 18.3 Å². The fraction of sp³-hybridized carbons (Fsp3) is 1.00. The van der Waals surface area contributed by atoms with E-state index in [1.165, 1.54) is 0 Å². The monoisotopic (exact) mass is 302 g/mol. The predicted molar refractivity (Wildman–Crippen MR) is 70.6 cm³/mol. The quantitative estimate of drug-likeness (QED) is 0.711. The number of hydrogen-bond donors (Lipinski definition) is 2. The molecular formula is C12H25F3O3Si. The first-order valence-corrected chi connectivity index (χ1v) is 9.81. The number of ether oxygens (including phenoxy) is 1. The fourth-order valence-corrected chi connectivity index (χ4v) is 1.75. The third-order valence-corrected chi connectivity index (χ3v) is 7.44. The first kappa shape index (κ1) is 18.9. The maximum absolute atomic E-state index is 12.4. The summed E-state index contributed by atoms with van der Waals surface area (Å²) in [7, 11) is -1.64. The van der Waals surface area contributed by atoms with Crippen LogP contribution in [0.1, 0.15) is 20.3 Å². The molecule has 7 heteroatoms. The molecule has 116 valence electrons. The molecule has 19 heavy (non-hydrogen) atoms. The van der Waals surface area contributed by atoms with E-state index in [0.29, 0.717) is 0 Å². The summed E-state index contributed by atoms with van der Waals surface area (Å²) in [5, 5.41) is 17.9. The number of rotatable bonds is 7. The van der Waals surface area contributed by atoms with Gasteiger partial charge in [0.15, 0.2) is 0 Å². The highest BCUT2D eigenvalue weighted by atomic mass is 28.3.